The summed E-state index contributed by atoms with van der Waals surface area (Å²) in [5.74, 6) is -0.582. The summed E-state index contributed by atoms with van der Waals surface area (Å²) < 4.78 is 0. The highest BCUT2D eigenvalue weighted by Crippen LogP contribution is 2.26. The SMILES string of the molecule is CC(C)(CC(N)=O)Nc1nc(Cl)ncc1[N+](=O)[O-]. The Bertz CT molecular complexity index is 491. The molecule has 3 N–H and O–H groups in total. The molecule has 1 aromatic heterocycles. The average molecular weight is 274 g/mol. The smallest absolute Gasteiger partial charge is 0.329 e. The van der Waals surface area contributed by atoms with E-state index < -0.39 is 16.4 Å². The lowest BCUT2D eigenvalue weighted by atomic mass is 10.0. The molecule has 1 heterocycles. The zero-order valence-corrected chi connectivity index (χ0v) is 10.6. The lowest BCUT2D eigenvalue weighted by Gasteiger charge is -2.24. The Hall–Kier alpha value is -1.96. The summed E-state index contributed by atoms with van der Waals surface area (Å²) in [7, 11) is 0. The molecule has 0 radical (unpaired) electrons. The number of nitrogens with one attached hydrogen (secondary N) is 1. The monoisotopic (exact) mass is 273 g/mol. The van der Waals surface area contributed by atoms with Crippen LogP contribution in [-0.4, -0.2) is 26.3 Å². The molecule has 0 aliphatic rings. The molecule has 9 heteroatoms. The van der Waals surface area contributed by atoms with Crippen LogP contribution in [0.15, 0.2) is 6.20 Å². The zero-order chi connectivity index (χ0) is 13.9. The maximum atomic E-state index is 10.9. The number of primary amides is 1. The Balaban J connectivity index is 3.05. The highest BCUT2D eigenvalue weighted by molar-refractivity contribution is 6.28. The number of nitro groups is 1. The van der Waals surface area contributed by atoms with Gasteiger partial charge in [-0.3, -0.25) is 14.9 Å². The predicted octanol–water partition coefficient (Wildman–Crippen LogP) is 1.10. The van der Waals surface area contributed by atoms with Crippen molar-refractivity contribution in [3.63, 3.8) is 0 Å². The van der Waals surface area contributed by atoms with Crippen LogP contribution in [0.4, 0.5) is 11.5 Å². The molecule has 0 saturated heterocycles. The molecule has 0 aliphatic heterocycles. The van der Waals surface area contributed by atoms with Gasteiger partial charge in [-0.15, -0.1) is 0 Å². The van der Waals surface area contributed by atoms with E-state index >= 15 is 0 Å². The summed E-state index contributed by atoms with van der Waals surface area (Å²) >= 11 is 5.58. The summed E-state index contributed by atoms with van der Waals surface area (Å²) in [5.41, 5.74) is 3.98. The van der Waals surface area contributed by atoms with Crippen LogP contribution in [0.3, 0.4) is 0 Å². The van der Waals surface area contributed by atoms with Crippen LogP contribution in [0.1, 0.15) is 20.3 Å². The number of hydrogen-bond acceptors (Lipinski definition) is 6. The minimum atomic E-state index is -0.783. The van der Waals surface area contributed by atoms with Crippen LogP contribution >= 0.6 is 11.6 Å². The Labute approximate surface area is 108 Å². The van der Waals surface area contributed by atoms with Gasteiger partial charge in [0.2, 0.25) is 17.0 Å². The topological polar surface area (TPSA) is 124 Å². The van der Waals surface area contributed by atoms with Crippen molar-refractivity contribution in [2.24, 2.45) is 5.73 Å². The van der Waals surface area contributed by atoms with Gasteiger partial charge in [0.25, 0.3) is 0 Å². The molecule has 0 fully saturated rings. The van der Waals surface area contributed by atoms with Gasteiger partial charge < -0.3 is 11.1 Å². The number of rotatable bonds is 5. The molecule has 1 rings (SSSR count). The van der Waals surface area contributed by atoms with Gasteiger partial charge in [-0.25, -0.2) is 4.98 Å². The molecular formula is C9H12ClN5O3. The second-order valence-electron chi connectivity index (χ2n) is 4.28. The van der Waals surface area contributed by atoms with Gasteiger partial charge >= 0.3 is 5.69 Å². The average Bonchev–Trinajstić information content (AvgIpc) is 2.13. The molecule has 0 atom stereocenters. The van der Waals surface area contributed by atoms with Crippen molar-refractivity contribution >= 4 is 29.0 Å². The van der Waals surface area contributed by atoms with Crippen LogP contribution in [0, 0.1) is 10.1 Å². The van der Waals surface area contributed by atoms with E-state index in [-0.39, 0.29) is 23.2 Å². The number of carbonyl (C=O) groups is 1. The quantitative estimate of drug-likeness (QED) is 0.470. The molecule has 0 unspecified atom stereocenters. The van der Waals surface area contributed by atoms with Gasteiger partial charge in [0, 0.05) is 12.0 Å². The fourth-order valence-corrected chi connectivity index (χ4v) is 1.51. The maximum Gasteiger partial charge on any atom is 0.329 e. The van der Waals surface area contributed by atoms with E-state index in [9.17, 15) is 14.9 Å². The van der Waals surface area contributed by atoms with Crippen molar-refractivity contribution in [1.29, 1.82) is 0 Å². The van der Waals surface area contributed by atoms with Crippen molar-refractivity contribution in [3.8, 4) is 0 Å². The fourth-order valence-electron chi connectivity index (χ4n) is 1.38. The van der Waals surface area contributed by atoms with Crippen molar-refractivity contribution < 1.29 is 9.72 Å². The molecule has 98 valence electrons. The van der Waals surface area contributed by atoms with Gasteiger partial charge in [-0.2, -0.15) is 4.98 Å². The van der Waals surface area contributed by atoms with E-state index in [0.29, 0.717) is 0 Å². The van der Waals surface area contributed by atoms with Crippen LogP contribution < -0.4 is 11.1 Å². The highest BCUT2D eigenvalue weighted by atomic mass is 35.5. The van der Waals surface area contributed by atoms with Crippen LogP contribution in [0.5, 0.6) is 0 Å². The first-order chi connectivity index (χ1) is 8.21. The summed E-state index contributed by atoms with van der Waals surface area (Å²) in [6.45, 7) is 3.33. The largest absolute Gasteiger partial charge is 0.370 e. The van der Waals surface area contributed by atoms with E-state index in [1.165, 1.54) is 0 Å². The molecule has 1 amide bonds. The summed E-state index contributed by atoms with van der Waals surface area (Å²) in [5, 5.41) is 13.4. The number of nitrogens with two attached hydrogens (primary N) is 1. The molecule has 18 heavy (non-hydrogen) atoms. The Morgan fingerprint density at radius 1 is 1.67 bits per heavy atom. The number of halogens is 1. The number of anilines is 1. The summed E-state index contributed by atoms with van der Waals surface area (Å²) in [4.78, 5) is 28.3. The van der Waals surface area contributed by atoms with Gasteiger partial charge in [0.05, 0.1) is 4.92 Å². The maximum absolute atomic E-state index is 10.9. The van der Waals surface area contributed by atoms with Crippen molar-refractivity contribution in [2.45, 2.75) is 25.8 Å². The van der Waals surface area contributed by atoms with E-state index in [1.54, 1.807) is 13.8 Å². The Morgan fingerprint density at radius 3 is 2.78 bits per heavy atom. The molecule has 0 bridgehead atoms. The third-order valence-electron chi connectivity index (χ3n) is 2.01. The van der Waals surface area contributed by atoms with Crippen LogP contribution in [0.2, 0.25) is 5.28 Å². The number of carbonyl (C=O) groups excluding carboxylic acids is 1. The lowest BCUT2D eigenvalue weighted by Crippen LogP contribution is -2.36. The van der Waals surface area contributed by atoms with E-state index in [0.717, 1.165) is 6.20 Å². The Morgan fingerprint density at radius 2 is 2.28 bits per heavy atom. The standard InChI is InChI=1S/C9H12ClN5O3/c1-9(2,3-6(11)16)14-7-5(15(17)18)4-12-8(10)13-7/h4H,3H2,1-2H3,(H2,11,16)(H,12,13,14). The first-order valence-corrected chi connectivity index (χ1v) is 5.32. The van der Waals surface area contributed by atoms with Crippen molar-refractivity contribution in [2.75, 3.05) is 5.32 Å². The van der Waals surface area contributed by atoms with Crippen molar-refractivity contribution in [1.82, 2.24) is 9.97 Å². The van der Waals surface area contributed by atoms with E-state index in [4.69, 9.17) is 17.3 Å². The zero-order valence-electron chi connectivity index (χ0n) is 9.81. The molecule has 0 saturated carbocycles. The molecule has 8 nitrogen and oxygen atoms in total. The summed E-state index contributed by atoms with van der Waals surface area (Å²) in [6, 6.07) is 0. The van der Waals surface area contributed by atoms with Gasteiger partial charge in [-0.1, -0.05) is 0 Å². The normalized spacial score (nSPS) is 11.1. The predicted molar refractivity (Wildman–Crippen MR) is 65.2 cm³/mol. The molecule has 0 aliphatic carbocycles. The van der Waals surface area contributed by atoms with Gasteiger partial charge in [-0.05, 0) is 25.4 Å². The molecule has 0 aromatic carbocycles. The number of hydrogen-bond donors (Lipinski definition) is 2. The Kier molecular flexibility index (Phi) is 4.02. The first kappa shape index (κ1) is 14.1. The van der Waals surface area contributed by atoms with Gasteiger partial charge in [0.1, 0.15) is 6.20 Å². The number of aromatic nitrogens is 2. The third-order valence-corrected chi connectivity index (χ3v) is 2.19. The lowest BCUT2D eigenvalue weighted by molar-refractivity contribution is -0.384. The van der Waals surface area contributed by atoms with Gasteiger partial charge in [0.15, 0.2) is 0 Å². The minimum absolute atomic E-state index is 0.00816. The van der Waals surface area contributed by atoms with Crippen molar-refractivity contribution in [3.05, 3.63) is 21.6 Å². The highest BCUT2D eigenvalue weighted by Gasteiger charge is 2.26. The molecule has 0 spiro atoms. The number of amides is 1. The van der Waals surface area contributed by atoms with E-state index in [1.807, 2.05) is 0 Å². The second-order valence-corrected chi connectivity index (χ2v) is 4.62. The molecule has 1 aromatic rings. The summed E-state index contributed by atoms with van der Waals surface area (Å²) in [6.07, 6.45) is 0.990. The van der Waals surface area contributed by atoms with Crippen LogP contribution in [0.25, 0.3) is 0 Å². The minimum Gasteiger partial charge on any atom is -0.370 e. The fraction of sp³-hybridized carbons (Fsp3) is 0.444. The number of nitrogens with zero attached hydrogens (tertiary/aromatic N) is 3. The van der Waals surface area contributed by atoms with Crippen LogP contribution in [-0.2, 0) is 4.79 Å². The van der Waals surface area contributed by atoms with E-state index in [2.05, 4.69) is 15.3 Å². The molecular weight excluding hydrogens is 262 g/mol. The first-order valence-electron chi connectivity index (χ1n) is 4.95. The third kappa shape index (κ3) is 3.81. The second kappa shape index (κ2) is 5.13.